The van der Waals surface area contributed by atoms with Gasteiger partial charge in [0.15, 0.2) is 5.82 Å². The van der Waals surface area contributed by atoms with Gasteiger partial charge in [-0.25, -0.2) is 0 Å². The molecule has 1 heterocycles. The van der Waals surface area contributed by atoms with Crippen molar-refractivity contribution in [2.75, 3.05) is 18.6 Å². The Balaban J connectivity index is 2.22. The Bertz CT molecular complexity index is 343. The van der Waals surface area contributed by atoms with Gasteiger partial charge in [0, 0.05) is 7.11 Å². The van der Waals surface area contributed by atoms with Crippen LogP contribution in [0.4, 0.5) is 0 Å². The molecule has 1 aromatic heterocycles. The summed E-state index contributed by atoms with van der Waals surface area (Å²) in [5, 5.41) is 6.41. The third-order valence-electron chi connectivity index (χ3n) is 1.80. The van der Waals surface area contributed by atoms with Gasteiger partial charge in [-0.15, -0.1) is 0 Å². The van der Waals surface area contributed by atoms with Crippen LogP contribution in [-0.2, 0) is 22.7 Å². The summed E-state index contributed by atoms with van der Waals surface area (Å²) in [5.41, 5.74) is 0. The Kier molecular flexibility index (Phi) is 6.64. The second-order valence-corrected chi connectivity index (χ2v) is 4.47. The normalized spacial score (nSPS) is 10.5. The lowest BCUT2D eigenvalue weighted by Crippen LogP contribution is -2.24. The van der Waals surface area contributed by atoms with Crippen LogP contribution in [0, 0.1) is 0 Å². The minimum atomic E-state index is -0.0186. The maximum absolute atomic E-state index is 11.4. The molecule has 96 valence electrons. The Hall–Kier alpha value is -1.08. The molecule has 0 unspecified atom stereocenters. The molecular weight excluding hydrogens is 242 g/mol. The number of thioether (sulfide) groups is 1. The molecule has 0 radical (unpaired) electrons. The van der Waals surface area contributed by atoms with Gasteiger partial charge < -0.3 is 14.6 Å². The van der Waals surface area contributed by atoms with Crippen molar-refractivity contribution in [2.24, 2.45) is 0 Å². The number of hydrogen-bond acceptors (Lipinski definition) is 6. The highest BCUT2D eigenvalue weighted by molar-refractivity contribution is 7.99. The van der Waals surface area contributed by atoms with E-state index in [-0.39, 0.29) is 12.5 Å². The Morgan fingerprint density at radius 2 is 2.41 bits per heavy atom. The maximum Gasteiger partial charge on any atom is 0.246 e. The van der Waals surface area contributed by atoms with Gasteiger partial charge in [-0.2, -0.15) is 16.7 Å². The lowest BCUT2D eigenvalue weighted by molar-refractivity contribution is -0.118. The second-order valence-electron chi connectivity index (χ2n) is 3.37. The molecule has 0 bridgehead atoms. The summed E-state index contributed by atoms with van der Waals surface area (Å²) >= 11 is 1.61. The second kappa shape index (κ2) is 8.08. The molecule has 1 aromatic rings. The van der Waals surface area contributed by atoms with Crippen molar-refractivity contribution in [3.63, 3.8) is 0 Å². The molecule has 0 saturated heterocycles. The first-order valence-electron chi connectivity index (χ1n) is 5.41. The predicted molar refractivity (Wildman–Crippen MR) is 64.5 cm³/mol. The zero-order chi connectivity index (χ0) is 12.5. The molecule has 0 saturated carbocycles. The first kappa shape index (κ1) is 14.0. The van der Waals surface area contributed by atoms with Crippen LogP contribution < -0.4 is 5.32 Å². The van der Waals surface area contributed by atoms with Crippen molar-refractivity contribution in [1.29, 1.82) is 0 Å². The van der Waals surface area contributed by atoms with E-state index in [1.165, 1.54) is 0 Å². The number of aromatic nitrogens is 2. The number of rotatable bonds is 8. The van der Waals surface area contributed by atoms with E-state index >= 15 is 0 Å². The topological polar surface area (TPSA) is 77.2 Å². The maximum atomic E-state index is 11.4. The fourth-order valence-electron chi connectivity index (χ4n) is 1.08. The molecule has 0 aromatic carbocycles. The molecule has 6 nitrogen and oxygen atoms in total. The zero-order valence-electron chi connectivity index (χ0n) is 10.1. The highest BCUT2D eigenvalue weighted by atomic mass is 32.2. The summed E-state index contributed by atoms with van der Waals surface area (Å²) < 4.78 is 9.79. The molecule has 1 rings (SSSR count). The minimum Gasteiger partial charge on any atom is -0.377 e. The molecule has 7 heteroatoms. The first-order valence-corrected chi connectivity index (χ1v) is 6.56. The Morgan fingerprint density at radius 1 is 1.59 bits per heavy atom. The van der Waals surface area contributed by atoms with Gasteiger partial charge in [-0.3, -0.25) is 4.79 Å². The van der Waals surface area contributed by atoms with Crippen molar-refractivity contribution in [1.82, 2.24) is 15.5 Å². The molecule has 17 heavy (non-hydrogen) atoms. The van der Waals surface area contributed by atoms with E-state index in [1.807, 2.05) is 0 Å². The number of carbonyl (C=O) groups is 1. The van der Waals surface area contributed by atoms with E-state index in [1.54, 1.807) is 18.9 Å². The third kappa shape index (κ3) is 5.69. The molecule has 0 atom stereocenters. The number of amides is 1. The molecule has 1 N–H and O–H groups in total. The van der Waals surface area contributed by atoms with E-state index in [9.17, 15) is 4.79 Å². The number of ether oxygens (including phenoxy) is 1. The molecule has 0 fully saturated rings. The average Bonchev–Trinajstić information content (AvgIpc) is 2.75. The van der Waals surface area contributed by atoms with Crippen LogP contribution in [0.5, 0.6) is 0 Å². The monoisotopic (exact) mass is 259 g/mol. The van der Waals surface area contributed by atoms with Crippen LogP contribution in [0.25, 0.3) is 0 Å². The number of nitrogens with one attached hydrogen (secondary N) is 1. The molecule has 0 spiro atoms. The van der Waals surface area contributed by atoms with Crippen LogP contribution in [0.2, 0.25) is 0 Å². The van der Waals surface area contributed by atoms with Gasteiger partial charge in [0.1, 0.15) is 6.61 Å². The van der Waals surface area contributed by atoms with E-state index in [0.29, 0.717) is 24.1 Å². The van der Waals surface area contributed by atoms with E-state index in [0.717, 1.165) is 12.2 Å². The fraction of sp³-hybridized carbons (Fsp3) is 0.700. The number of hydrogen-bond donors (Lipinski definition) is 1. The lowest BCUT2D eigenvalue weighted by atomic mass is 10.5. The van der Waals surface area contributed by atoms with Crippen molar-refractivity contribution < 1.29 is 14.1 Å². The number of nitrogens with zero attached hydrogens (tertiary/aromatic N) is 2. The summed E-state index contributed by atoms with van der Waals surface area (Å²) in [4.78, 5) is 15.4. The standard InChI is InChI=1S/C10H17N3O3S/c1-3-4-17-7-9(14)11-5-10-12-8(6-15-2)13-16-10/h3-7H2,1-2H3,(H,11,14). The van der Waals surface area contributed by atoms with Gasteiger partial charge in [0.2, 0.25) is 11.8 Å². The summed E-state index contributed by atoms with van der Waals surface area (Å²) in [7, 11) is 1.56. The molecule has 1 amide bonds. The van der Waals surface area contributed by atoms with Gasteiger partial charge in [-0.1, -0.05) is 12.1 Å². The summed E-state index contributed by atoms with van der Waals surface area (Å²) in [6.07, 6.45) is 1.07. The Morgan fingerprint density at radius 3 is 3.12 bits per heavy atom. The van der Waals surface area contributed by atoms with Crippen molar-refractivity contribution in [3.05, 3.63) is 11.7 Å². The number of methoxy groups -OCH3 is 1. The molecule has 0 aliphatic carbocycles. The highest BCUT2D eigenvalue weighted by Gasteiger charge is 2.07. The van der Waals surface area contributed by atoms with Gasteiger partial charge in [0.05, 0.1) is 12.3 Å². The lowest BCUT2D eigenvalue weighted by Gasteiger charge is -2.00. The Labute approximate surface area is 104 Å². The highest BCUT2D eigenvalue weighted by Crippen LogP contribution is 2.02. The molecule has 0 aliphatic rings. The van der Waals surface area contributed by atoms with E-state index in [4.69, 9.17) is 9.26 Å². The van der Waals surface area contributed by atoms with Crippen molar-refractivity contribution >= 4 is 17.7 Å². The quantitative estimate of drug-likeness (QED) is 0.701. The van der Waals surface area contributed by atoms with Crippen LogP contribution >= 0.6 is 11.8 Å². The predicted octanol–water partition coefficient (Wildman–Crippen LogP) is 0.975. The molecular formula is C10H17N3O3S. The summed E-state index contributed by atoms with van der Waals surface area (Å²) in [6, 6.07) is 0. The van der Waals surface area contributed by atoms with Crippen LogP contribution in [-0.4, -0.2) is 34.7 Å². The average molecular weight is 259 g/mol. The van der Waals surface area contributed by atoms with Gasteiger partial charge in [-0.05, 0) is 12.2 Å². The van der Waals surface area contributed by atoms with Crippen LogP contribution in [0.1, 0.15) is 25.1 Å². The third-order valence-corrected chi connectivity index (χ3v) is 2.97. The van der Waals surface area contributed by atoms with E-state index in [2.05, 4.69) is 22.4 Å². The largest absolute Gasteiger partial charge is 0.377 e. The first-order chi connectivity index (χ1) is 8.26. The minimum absolute atomic E-state index is 0.0186. The SMILES string of the molecule is CCCSCC(=O)NCc1nc(COC)no1. The zero-order valence-corrected chi connectivity index (χ0v) is 10.9. The molecule has 0 aliphatic heterocycles. The van der Waals surface area contributed by atoms with Gasteiger partial charge >= 0.3 is 0 Å². The number of carbonyl (C=O) groups excluding carboxylic acids is 1. The van der Waals surface area contributed by atoms with Gasteiger partial charge in [0.25, 0.3) is 0 Å². The van der Waals surface area contributed by atoms with Crippen LogP contribution in [0.3, 0.4) is 0 Å². The van der Waals surface area contributed by atoms with Crippen molar-refractivity contribution in [2.45, 2.75) is 26.5 Å². The van der Waals surface area contributed by atoms with Crippen LogP contribution in [0.15, 0.2) is 4.52 Å². The summed E-state index contributed by atoms with van der Waals surface area (Å²) in [6.45, 7) is 2.66. The smallest absolute Gasteiger partial charge is 0.246 e. The van der Waals surface area contributed by atoms with Crippen molar-refractivity contribution in [3.8, 4) is 0 Å². The summed E-state index contributed by atoms with van der Waals surface area (Å²) in [5.74, 6) is 2.32. The fourth-order valence-corrected chi connectivity index (χ4v) is 1.80. The van der Waals surface area contributed by atoms with E-state index < -0.39 is 0 Å².